The van der Waals surface area contributed by atoms with E-state index in [4.69, 9.17) is 0 Å². The van der Waals surface area contributed by atoms with Gasteiger partial charge in [-0.15, -0.1) is 0 Å². The van der Waals surface area contributed by atoms with E-state index in [2.05, 4.69) is 17.1 Å². The second-order valence-corrected chi connectivity index (χ2v) is 5.13. The van der Waals surface area contributed by atoms with E-state index in [1.807, 2.05) is 0 Å². The summed E-state index contributed by atoms with van der Waals surface area (Å²) in [7, 11) is 0. The maximum atomic E-state index is 11.6. The number of nitrogens with zero attached hydrogens (tertiary/aromatic N) is 1. The van der Waals surface area contributed by atoms with E-state index in [9.17, 15) is 4.79 Å². The number of hydrogen-bond acceptors (Lipinski definition) is 2. The van der Waals surface area contributed by atoms with Crippen LogP contribution in [0.4, 0.5) is 0 Å². The fourth-order valence-corrected chi connectivity index (χ4v) is 2.69. The molecule has 2 fully saturated rings. The summed E-state index contributed by atoms with van der Waals surface area (Å²) in [5, 5.41) is 3.38. The molecule has 3 nitrogen and oxygen atoms in total. The molecule has 2 rings (SSSR count). The van der Waals surface area contributed by atoms with Crippen LogP contribution < -0.4 is 5.32 Å². The van der Waals surface area contributed by atoms with Crippen LogP contribution in [0.15, 0.2) is 0 Å². The molecule has 15 heavy (non-hydrogen) atoms. The summed E-state index contributed by atoms with van der Waals surface area (Å²) < 4.78 is 0. The van der Waals surface area contributed by atoms with Gasteiger partial charge >= 0.3 is 0 Å². The summed E-state index contributed by atoms with van der Waals surface area (Å²) >= 11 is 0. The minimum atomic E-state index is 0.372. The lowest BCUT2D eigenvalue weighted by atomic mass is 9.94. The molecule has 2 saturated heterocycles. The Balaban J connectivity index is 1.70. The molecule has 0 aromatic carbocycles. The van der Waals surface area contributed by atoms with Gasteiger partial charge in [-0.2, -0.15) is 0 Å². The van der Waals surface area contributed by atoms with Crippen LogP contribution >= 0.6 is 0 Å². The number of piperidine rings is 1. The van der Waals surface area contributed by atoms with Crippen LogP contribution in [0, 0.1) is 11.8 Å². The zero-order valence-corrected chi connectivity index (χ0v) is 9.67. The number of carbonyl (C=O) groups excluding carboxylic acids is 1. The highest BCUT2D eigenvalue weighted by Crippen LogP contribution is 2.21. The van der Waals surface area contributed by atoms with Gasteiger partial charge < -0.3 is 10.2 Å². The van der Waals surface area contributed by atoms with Crippen molar-refractivity contribution in [2.45, 2.75) is 32.6 Å². The van der Waals surface area contributed by atoms with E-state index in [-0.39, 0.29) is 0 Å². The Bertz CT molecular complexity index is 224. The maximum absolute atomic E-state index is 11.6. The molecule has 1 amide bonds. The van der Waals surface area contributed by atoms with Gasteiger partial charge in [0, 0.05) is 19.5 Å². The molecule has 2 aliphatic heterocycles. The van der Waals surface area contributed by atoms with Crippen LogP contribution in [-0.2, 0) is 4.79 Å². The minimum absolute atomic E-state index is 0.372. The Kier molecular flexibility index (Phi) is 3.62. The number of amides is 1. The number of nitrogens with one attached hydrogen (secondary N) is 1. The van der Waals surface area contributed by atoms with Gasteiger partial charge in [0.05, 0.1) is 0 Å². The third-order valence-corrected chi connectivity index (χ3v) is 3.67. The van der Waals surface area contributed by atoms with Crippen LogP contribution in [-0.4, -0.2) is 37.0 Å². The van der Waals surface area contributed by atoms with Crippen molar-refractivity contribution in [2.75, 3.05) is 26.2 Å². The zero-order valence-electron chi connectivity index (χ0n) is 9.67. The molecule has 2 heterocycles. The SMILES string of the molecule is CC1CC(=O)N(CCC2CCNCC2)C1. The van der Waals surface area contributed by atoms with Gasteiger partial charge in [0.25, 0.3) is 0 Å². The largest absolute Gasteiger partial charge is 0.342 e. The highest BCUT2D eigenvalue weighted by molar-refractivity contribution is 5.78. The Morgan fingerprint density at radius 1 is 1.40 bits per heavy atom. The maximum Gasteiger partial charge on any atom is 0.222 e. The summed E-state index contributed by atoms with van der Waals surface area (Å²) in [6.07, 6.45) is 4.56. The molecule has 0 aliphatic carbocycles. The van der Waals surface area contributed by atoms with E-state index in [1.165, 1.54) is 19.3 Å². The smallest absolute Gasteiger partial charge is 0.222 e. The van der Waals surface area contributed by atoms with Crippen LogP contribution in [0.2, 0.25) is 0 Å². The van der Waals surface area contributed by atoms with Crippen LogP contribution in [0.25, 0.3) is 0 Å². The molecule has 1 N–H and O–H groups in total. The van der Waals surface area contributed by atoms with E-state index < -0.39 is 0 Å². The number of rotatable bonds is 3. The lowest BCUT2D eigenvalue weighted by molar-refractivity contribution is -0.127. The average Bonchev–Trinajstić information content (AvgIpc) is 2.56. The van der Waals surface area contributed by atoms with Crippen molar-refractivity contribution in [3.8, 4) is 0 Å². The number of carbonyl (C=O) groups is 1. The number of hydrogen-bond donors (Lipinski definition) is 1. The van der Waals surface area contributed by atoms with Crippen molar-refractivity contribution < 1.29 is 4.79 Å². The Morgan fingerprint density at radius 3 is 2.73 bits per heavy atom. The van der Waals surface area contributed by atoms with Gasteiger partial charge in [-0.1, -0.05) is 6.92 Å². The van der Waals surface area contributed by atoms with Gasteiger partial charge in [0.1, 0.15) is 0 Å². The standard InChI is InChI=1S/C12H22N2O/c1-10-8-12(15)14(9-10)7-4-11-2-5-13-6-3-11/h10-11,13H,2-9H2,1H3. The molecule has 1 unspecified atom stereocenters. The van der Waals surface area contributed by atoms with E-state index in [1.54, 1.807) is 0 Å². The minimum Gasteiger partial charge on any atom is -0.342 e. The van der Waals surface area contributed by atoms with E-state index in [0.717, 1.165) is 38.5 Å². The zero-order chi connectivity index (χ0) is 10.7. The van der Waals surface area contributed by atoms with Gasteiger partial charge in [-0.25, -0.2) is 0 Å². The molecule has 86 valence electrons. The monoisotopic (exact) mass is 210 g/mol. The van der Waals surface area contributed by atoms with Crippen LogP contribution in [0.3, 0.4) is 0 Å². The van der Waals surface area contributed by atoms with E-state index in [0.29, 0.717) is 11.8 Å². The van der Waals surface area contributed by atoms with Gasteiger partial charge in [-0.3, -0.25) is 4.79 Å². The summed E-state index contributed by atoms with van der Waals surface area (Å²) in [6.45, 7) is 6.48. The van der Waals surface area contributed by atoms with Crippen molar-refractivity contribution in [3.63, 3.8) is 0 Å². The topological polar surface area (TPSA) is 32.3 Å². The van der Waals surface area contributed by atoms with Crippen LogP contribution in [0.1, 0.15) is 32.6 Å². The molecule has 0 saturated carbocycles. The third-order valence-electron chi connectivity index (χ3n) is 3.67. The molecule has 0 radical (unpaired) electrons. The van der Waals surface area contributed by atoms with Crippen LogP contribution in [0.5, 0.6) is 0 Å². The highest BCUT2D eigenvalue weighted by atomic mass is 16.2. The first-order valence-corrected chi connectivity index (χ1v) is 6.24. The lowest BCUT2D eigenvalue weighted by Crippen LogP contribution is -2.32. The predicted octanol–water partition coefficient (Wildman–Crippen LogP) is 1.24. The van der Waals surface area contributed by atoms with Crippen molar-refractivity contribution in [2.24, 2.45) is 11.8 Å². The van der Waals surface area contributed by atoms with Gasteiger partial charge in [0.15, 0.2) is 0 Å². The van der Waals surface area contributed by atoms with Gasteiger partial charge in [0.2, 0.25) is 5.91 Å². The summed E-state index contributed by atoms with van der Waals surface area (Å²) in [6, 6.07) is 0. The Morgan fingerprint density at radius 2 is 2.13 bits per heavy atom. The third kappa shape index (κ3) is 2.94. The quantitative estimate of drug-likeness (QED) is 0.760. The molecule has 3 heteroatoms. The lowest BCUT2D eigenvalue weighted by Gasteiger charge is -2.25. The molecular weight excluding hydrogens is 188 g/mol. The first kappa shape index (κ1) is 10.9. The molecule has 1 atom stereocenters. The predicted molar refractivity (Wildman–Crippen MR) is 60.6 cm³/mol. The average molecular weight is 210 g/mol. The second kappa shape index (κ2) is 4.97. The molecule has 2 aliphatic rings. The van der Waals surface area contributed by atoms with Crippen molar-refractivity contribution in [1.82, 2.24) is 10.2 Å². The first-order chi connectivity index (χ1) is 7.25. The molecule has 0 spiro atoms. The molecule has 0 aromatic heterocycles. The van der Waals surface area contributed by atoms with Gasteiger partial charge in [-0.05, 0) is 44.2 Å². The van der Waals surface area contributed by atoms with Crippen molar-refractivity contribution >= 4 is 5.91 Å². The second-order valence-electron chi connectivity index (χ2n) is 5.13. The van der Waals surface area contributed by atoms with Crippen molar-refractivity contribution in [3.05, 3.63) is 0 Å². The Hall–Kier alpha value is -0.570. The first-order valence-electron chi connectivity index (χ1n) is 6.24. The highest BCUT2D eigenvalue weighted by Gasteiger charge is 2.26. The van der Waals surface area contributed by atoms with E-state index >= 15 is 0 Å². The Labute approximate surface area is 92.2 Å². The fraction of sp³-hybridized carbons (Fsp3) is 0.917. The number of likely N-dealkylation sites (tertiary alicyclic amines) is 1. The summed E-state index contributed by atoms with van der Waals surface area (Å²) in [5.74, 6) is 1.79. The van der Waals surface area contributed by atoms with Crippen molar-refractivity contribution in [1.29, 1.82) is 0 Å². The summed E-state index contributed by atoms with van der Waals surface area (Å²) in [5.41, 5.74) is 0. The fourth-order valence-electron chi connectivity index (χ4n) is 2.69. The normalized spacial score (nSPS) is 28.7. The molecular formula is C12H22N2O. The molecule has 0 aromatic rings. The summed E-state index contributed by atoms with van der Waals surface area (Å²) in [4.78, 5) is 13.6. The molecule has 0 bridgehead atoms.